The highest BCUT2D eigenvalue weighted by atomic mass is 16.1. The third-order valence-corrected chi connectivity index (χ3v) is 6.04. The van der Waals surface area contributed by atoms with Gasteiger partial charge in [0.25, 0.3) is 0 Å². The van der Waals surface area contributed by atoms with Gasteiger partial charge in [-0.2, -0.15) is 0 Å². The second-order valence-corrected chi connectivity index (χ2v) is 7.15. The molecule has 3 aromatic carbocycles. The second kappa shape index (κ2) is 6.57. The molecule has 0 atom stereocenters. The van der Waals surface area contributed by atoms with Gasteiger partial charge < -0.3 is 0 Å². The van der Waals surface area contributed by atoms with Crippen LogP contribution in [0.5, 0.6) is 0 Å². The number of carbonyl (C=O) groups is 1. The number of Topliss-reactive ketones (excluding diaryl/α,β-unsaturated/α-hetero) is 1. The average molecular weight is 340 g/mol. The van der Waals surface area contributed by atoms with Crippen molar-refractivity contribution < 1.29 is 4.79 Å². The fourth-order valence-corrected chi connectivity index (χ4v) is 4.55. The Morgan fingerprint density at radius 2 is 1.46 bits per heavy atom. The first kappa shape index (κ1) is 16.8. The number of hydrogen-bond donors (Lipinski definition) is 0. The highest BCUT2D eigenvalue weighted by Crippen LogP contribution is 2.45. The number of ketones is 1. The maximum Gasteiger partial charge on any atom is 0.173 e. The van der Waals surface area contributed by atoms with Crippen molar-refractivity contribution in [2.45, 2.75) is 38.5 Å². The Balaban J connectivity index is 1.89. The molecular formula is C25H24O. The van der Waals surface area contributed by atoms with Crippen molar-refractivity contribution in [1.82, 2.24) is 0 Å². The van der Waals surface area contributed by atoms with Crippen LogP contribution in [0.15, 0.2) is 72.8 Å². The first-order chi connectivity index (χ1) is 12.7. The Morgan fingerprint density at radius 3 is 2.19 bits per heavy atom. The van der Waals surface area contributed by atoms with Crippen LogP contribution in [-0.4, -0.2) is 5.78 Å². The molecule has 0 N–H and O–H groups in total. The summed E-state index contributed by atoms with van der Waals surface area (Å²) in [7, 11) is 0. The van der Waals surface area contributed by atoms with E-state index in [0.717, 1.165) is 24.8 Å². The van der Waals surface area contributed by atoms with Crippen molar-refractivity contribution in [3.8, 4) is 11.1 Å². The zero-order chi connectivity index (χ0) is 18.1. The maximum absolute atomic E-state index is 13.6. The van der Waals surface area contributed by atoms with Gasteiger partial charge in [0.2, 0.25) is 0 Å². The van der Waals surface area contributed by atoms with E-state index in [1.54, 1.807) is 0 Å². The Hall–Kier alpha value is -2.67. The highest BCUT2D eigenvalue weighted by molar-refractivity contribution is 6.04. The zero-order valence-electron chi connectivity index (χ0n) is 15.5. The van der Waals surface area contributed by atoms with Crippen molar-refractivity contribution >= 4 is 5.78 Å². The van der Waals surface area contributed by atoms with Crippen LogP contribution < -0.4 is 0 Å². The van der Waals surface area contributed by atoms with Crippen LogP contribution in [0.3, 0.4) is 0 Å². The van der Waals surface area contributed by atoms with Crippen LogP contribution >= 0.6 is 0 Å². The summed E-state index contributed by atoms with van der Waals surface area (Å²) in [6, 6.07) is 24.9. The molecule has 0 unspecified atom stereocenters. The molecule has 0 aliphatic heterocycles. The van der Waals surface area contributed by atoms with Gasteiger partial charge in [0.15, 0.2) is 5.78 Å². The Labute approximate surface area is 155 Å². The number of fused-ring (bicyclic) bond motifs is 3. The minimum atomic E-state index is -0.464. The fourth-order valence-electron chi connectivity index (χ4n) is 4.55. The molecule has 3 aromatic rings. The predicted molar refractivity (Wildman–Crippen MR) is 108 cm³/mol. The third kappa shape index (κ3) is 2.42. The van der Waals surface area contributed by atoms with Crippen molar-refractivity contribution in [2.75, 3.05) is 0 Å². The molecule has 0 heterocycles. The quantitative estimate of drug-likeness (QED) is 0.395. The molecule has 0 amide bonds. The molecule has 1 nitrogen and oxygen atoms in total. The molecular weight excluding hydrogens is 316 g/mol. The normalized spacial score (nSPS) is 12.5. The van der Waals surface area contributed by atoms with E-state index in [1.807, 2.05) is 30.3 Å². The summed E-state index contributed by atoms with van der Waals surface area (Å²) in [5, 5.41) is 0. The van der Waals surface area contributed by atoms with Gasteiger partial charge in [0.05, 0.1) is 5.41 Å². The number of rotatable bonds is 5. The van der Waals surface area contributed by atoms with Gasteiger partial charge in [0, 0.05) is 5.56 Å². The monoisotopic (exact) mass is 340 g/mol. The van der Waals surface area contributed by atoms with Crippen molar-refractivity contribution in [3.05, 3.63) is 95.1 Å². The summed E-state index contributed by atoms with van der Waals surface area (Å²) < 4.78 is 0. The van der Waals surface area contributed by atoms with E-state index < -0.39 is 5.41 Å². The van der Waals surface area contributed by atoms with Crippen molar-refractivity contribution in [2.24, 2.45) is 0 Å². The maximum atomic E-state index is 13.6. The van der Waals surface area contributed by atoms with Crippen LogP contribution in [0.2, 0.25) is 0 Å². The molecule has 0 saturated carbocycles. The average Bonchev–Trinajstić information content (AvgIpc) is 3.09. The first-order valence-corrected chi connectivity index (χ1v) is 9.51. The van der Waals surface area contributed by atoms with Crippen LogP contribution in [0.1, 0.15) is 53.7 Å². The number of carbonyl (C=O) groups excluding carboxylic acids is 1. The molecule has 0 aromatic heterocycles. The minimum absolute atomic E-state index is 0.243. The van der Waals surface area contributed by atoms with E-state index in [0.29, 0.717) is 0 Å². The fraction of sp³-hybridized carbons (Fsp3) is 0.240. The number of benzene rings is 3. The van der Waals surface area contributed by atoms with E-state index in [4.69, 9.17) is 0 Å². The lowest BCUT2D eigenvalue weighted by Crippen LogP contribution is -2.36. The Bertz CT molecular complexity index is 949. The molecule has 0 spiro atoms. The van der Waals surface area contributed by atoms with Gasteiger partial charge in [-0.15, -0.1) is 0 Å². The van der Waals surface area contributed by atoms with Gasteiger partial charge in [-0.25, -0.2) is 0 Å². The standard InChI is InChI=1S/C25H24O/c1-3-25(4-2,24(26)18-11-6-5-7-12-18)23-16-10-15-21-20-14-9-8-13-19(20)17-22(21)23/h5-16H,3-4,17H2,1-2H3. The Morgan fingerprint density at radius 1 is 0.808 bits per heavy atom. The summed E-state index contributed by atoms with van der Waals surface area (Å²) in [6.07, 6.45) is 2.54. The van der Waals surface area contributed by atoms with E-state index in [-0.39, 0.29) is 5.78 Å². The molecule has 1 heteroatoms. The molecule has 4 rings (SSSR count). The topological polar surface area (TPSA) is 17.1 Å². The molecule has 130 valence electrons. The van der Waals surface area contributed by atoms with Crippen molar-refractivity contribution in [3.63, 3.8) is 0 Å². The van der Waals surface area contributed by atoms with Crippen molar-refractivity contribution in [1.29, 1.82) is 0 Å². The second-order valence-electron chi connectivity index (χ2n) is 7.15. The summed E-state index contributed by atoms with van der Waals surface area (Å²) in [6.45, 7) is 4.29. The lowest BCUT2D eigenvalue weighted by Gasteiger charge is -2.33. The lowest BCUT2D eigenvalue weighted by atomic mass is 9.68. The first-order valence-electron chi connectivity index (χ1n) is 9.51. The van der Waals surface area contributed by atoms with Gasteiger partial charge >= 0.3 is 0 Å². The van der Waals surface area contributed by atoms with Gasteiger partial charge in [-0.05, 0) is 47.1 Å². The van der Waals surface area contributed by atoms with Crippen LogP contribution in [-0.2, 0) is 11.8 Å². The zero-order valence-corrected chi connectivity index (χ0v) is 15.5. The predicted octanol–water partition coefficient (Wildman–Crippen LogP) is 6.20. The van der Waals surface area contributed by atoms with E-state index >= 15 is 0 Å². The summed E-state index contributed by atoms with van der Waals surface area (Å²) in [4.78, 5) is 13.6. The van der Waals surface area contributed by atoms with Gasteiger partial charge in [0.1, 0.15) is 0 Å². The van der Waals surface area contributed by atoms with Crippen LogP contribution in [0, 0.1) is 0 Å². The summed E-state index contributed by atoms with van der Waals surface area (Å²) in [5.41, 5.74) is 6.87. The third-order valence-electron chi connectivity index (χ3n) is 6.04. The molecule has 0 fully saturated rings. The van der Waals surface area contributed by atoms with E-state index in [9.17, 15) is 4.79 Å². The minimum Gasteiger partial charge on any atom is -0.293 e. The van der Waals surface area contributed by atoms with Crippen LogP contribution in [0.4, 0.5) is 0 Å². The smallest absolute Gasteiger partial charge is 0.173 e. The van der Waals surface area contributed by atoms with E-state index in [1.165, 1.54) is 27.8 Å². The lowest BCUT2D eigenvalue weighted by molar-refractivity contribution is 0.0872. The number of hydrogen-bond acceptors (Lipinski definition) is 1. The largest absolute Gasteiger partial charge is 0.293 e. The molecule has 0 saturated heterocycles. The SMILES string of the molecule is CCC(CC)(C(=O)c1ccccc1)c1cccc2c1Cc1ccccc1-2. The van der Waals surface area contributed by atoms with Gasteiger partial charge in [-0.3, -0.25) is 4.79 Å². The van der Waals surface area contributed by atoms with Crippen LogP contribution in [0.25, 0.3) is 11.1 Å². The van der Waals surface area contributed by atoms with Gasteiger partial charge in [-0.1, -0.05) is 86.6 Å². The van der Waals surface area contributed by atoms with E-state index in [2.05, 4.69) is 56.3 Å². The summed E-state index contributed by atoms with van der Waals surface area (Å²) >= 11 is 0. The highest BCUT2D eigenvalue weighted by Gasteiger charge is 2.40. The molecule has 0 radical (unpaired) electrons. The summed E-state index contributed by atoms with van der Waals surface area (Å²) in [5.74, 6) is 0.243. The Kier molecular flexibility index (Phi) is 4.24. The molecule has 1 aliphatic rings. The molecule has 0 bridgehead atoms. The molecule has 1 aliphatic carbocycles. The molecule has 26 heavy (non-hydrogen) atoms.